The fourth-order valence-electron chi connectivity index (χ4n) is 8.03. The van der Waals surface area contributed by atoms with Gasteiger partial charge in [0.15, 0.2) is 0 Å². The number of rotatable bonds is 17. The first-order valence-electron chi connectivity index (χ1n) is 21.7. The maximum atomic E-state index is 13.7. The van der Waals surface area contributed by atoms with E-state index in [9.17, 15) is 56.0 Å². The quantitative estimate of drug-likeness (QED) is 0.0600. The monoisotopic (exact) mass is 940 g/mol. The van der Waals surface area contributed by atoms with Gasteiger partial charge in [-0.05, 0) is 98.5 Å². The average molecular weight is 941 g/mol. The average Bonchev–Trinajstić information content (AvgIpc) is 3.31. The number of urea groups is 2. The summed E-state index contributed by atoms with van der Waals surface area (Å²) in [4.78, 5) is 56.1. The van der Waals surface area contributed by atoms with Crippen molar-refractivity contribution in [3.05, 3.63) is 153 Å². The minimum atomic E-state index is -4.67. The molecule has 18 heteroatoms. The number of amides is 4. The lowest BCUT2D eigenvalue weighted by Gasteiger charge is -2.35. The highest BCUT2D eigenvalue weighted by atomic mass is 19.4. The van der Waals surface area contributed by atoms with Crippen LogP contribution in [0, 0.1) is 22.7 Å². The molecule has 4 aromatic rings. The Morgan fingerprint density at radius 3 is 1.22 bits per heavy atom. The van der Waals surface area contributed by atoms with E-state index in [1.807, 2.05) is 12.1 Å². The van der Waals surface area contributed by atoms with Crippen LogP contribution in [0.1, 0.15) is 111 Å². The second-order valence-electron chi connectivity index (χ2n) is 16.1. The number of nitrogens with zero attached hydrogens (tertiary/aromatic N) is 4. The second kappa shape index (κ2) is 21.8. The van der Waals surface area contributed by atoms with Gasteiger partial charge >= 0.3 is 36.4 Å². The van der Waals surface area contributed by atoms with Gasteiger partial charge in [-0.15, -0.1) is 0 Å². The summed E-state index contributed by atoms with van der Waals surface area (Å²) < 4.78 is 92.7. The molecule has 0 fully saturated rings. The summed E-state index contributed by atoms with van der Waals surface area (Å²) in [6.45, 7) is 3.01. The van der Waals surface area contributed by atoms with Crippen LogP contribution in [-0.4, -0.2) is 37.2 Å². The number of hydrogen-bond donors (Lipinski definition) is 2. The van der Waals surface area contributed by atoms with E-state index in [1.54, 1.807) is 24.3 Å². The highest BCUT2D eigenvalue weighted by molar-refractivity contribution is 6.04. The Morgan fingerprint density at radius 1 is 0.559 bits per heavy atom. The van der Waals surface area contributed by atoms with Crippen LogP contribution in [0.2, 0.25) is 0 Å². The van der Waals surface area contributed by atoms with Gasteiger partial charge in [0.25, 0.3) is 0 Å². The molecule has 0 radical (unpaired) electrons. The summed E-state index contributed by atoms with van der Waals surface area (Å²) in [6, 6.07) is 21.3. The number of carbonyl (C=O) groups excluding carboxylic acids is 4. The molecule has 6 rings (SSSR count). The first-order valence-corrected chi connectivity index (χ1v) is 21.7. The number of unbranched alkanes of at least 4 members (excludes halogenated alkanes) is 7. The van der Waals surface area contributed by atoms with E-state index >= 15 is 0 Å². The van der Waals surface area contributed by atoms with E-state index in [2.05, 4.69) is 10.6 Å². The predicted molar refractivity (Wildman–Crippen MR) is 237 cm³/mol. The molecular weight excluding hydrogens is 895 g/mol. The largest absolute Gasteiger partial charge is 0.462 e. The number of benzene rings is 4. The first kappa shape index (κ1) is 49.8. The van der Waals surface area contributed by atoms with E-state index < -0.39 is 59.6 Å². The number of nitrogens with one attached hydrogen (secondary N) is 2. The van der Waals surface area contributed by atoms with Gasteiger partial charge in [-0.1, -0.05) is 74.9 Å². The summed E-state index contributed by atoms with van der Waals surface area (Å²) >= 11 is 0. The summed E-state index contributed by atoms with van der Waals surface area (Å²) in [6.07, 6.45) is -3.50. The molecule has 2 N–H and O–H groups in total. The van der Waals surface area contributed by atoms with Gasteiger partial charge in [-0.3, -0.25) is 9.80 Å². The van der Waals surface area contributed by atoms with E-state index in [-0.39, 0.29) is 47.1 Å². The van der Waals surface area contributed by atoms with Crippen molar-refractivity contribution >= 4 is 35.4 Å². The van der Waals surface area contributed by atoms with Crippen molar-refractivity contribution in [1.82, 2.24) is 10.6 Å². The number of esters is 2. The number of hydrogen-bond acceptors (Lipinski definition) is 8. The topological polar surface area (TPSA) is 165 Å². The molecule has 2 aliphatic heterocycles. The third-order valence-electron chi connectivity index (χ3n) is 11.5. The number of ether oxygens (including phenoxy) is 2. The molecule has 0 saturated carbocycles. The molecule has 68 heavy (non-hydrogen) atoms. The van der Waals surface area contributed by atoms with Gasteiger partial charge < -0.3 is 20.1 Å². The summed E-state index contributed by atoms with van der Waals surface area (Å²) in [5.41, 5.74) is -0.270. The van der Waals surface area contributed by atoms with Crippen LogP contribution in [0.15, 0.2) is 120 Å². The third kappa shape index (κ3) is 11.9. The Kier molecular flexibility index (Phi) is 16.0. The lowest BCUT2D eigenvalue weighted by molar-refractivity contribution is -0.140. The number of halogens is 6. The van der Waals surface area contributed by atoms with Crippen LogP contribution in [0.3, 0.4) is 0 Å². The third-order valence-corrected chi connectivity index (χ3v) is 11.5. The van der Waals surface area contributed by atoms with Crippen molar-refractivity contribution in [1.29, 1.82) is 10.5 Å². The molecule has 0 spiro atoms. The molecule has 0 aliphatic carbocycles. The van der Waals surface area contributed by atoms with Gasteiger partial charge in [0.05, 0.1) is 82.2 Å². The molecule has 354 valence electrons. The molecule has 2 unspecified atom stereocenters. The standard InChI is InChI=1S/C50H46F6N6O6/c1-31-41(43(35-21-17-33(29-57)18-22-35)59-47(65)61(31)39-15-11-13-37(27-39)49(51,52)53)45(63)67-25-9-7-5-3-4-6-8-10-26-68-46(64)42-32(2)62(40-16-12-14-38(28-40)50(54,55)56)48(66)60-44(42)36-23-19-34(30-58)20-24-36/h11-24,27-28,43-44H,3-10,25-26H2,1-2H3,(H,59,65)(H,60,66). The maximum absolute atomic E-state index is 13.7. The van der Waals surface area contributed by atoms with Crippen molar-refractivity contribution in [2.75, 3.05) is 23.0 Å². The molecule has 0 aromatic heterocycles. The van der Waals surface area contributed by atoms with Crippen molar-refractivity contribution in [2.45, 2.75) is 89.7 Å². The van der Waals surface area contributed by atoms with E-state index in [1.165, 1.54) is 62.4 Å². The smallest absolute Gasteiger partial charge is 0.416 e. The molecule has 0 saturated heterocycles. The molecule has 4 amide bonds. The molecule has 2 heterocycles. The Bertz CT molecular complexity index is 2480. The minimum absolute atomic E-state index is 0.0259. The Morgan fingerprint density at radius 2 is 0.897 bits per heavy atom. The van der Waals surface area contributed by atoms with Crippen LogP contribution in [0.5, 0.6) is 0 Å². The van der Waals surface area contributed by atoms with Crippen LogP contribution < -0.4 is 20.4 Å². The van der Waals surface area contributed by atoms with Gasteiger partial charge in [-0.2, -0.15) is 36.9 Å². The molecule has 12 nitrogen and oxygen atoms in total. The van der Waals surface area contributed by atoms with E-state index in [0.29, 0.717) is 35.1 Å². The fourth-order valence-corrected chi connectivity index (χ4v) is 8.03. The predicted octanol–water partition coefficient (Wildman–Crippen LogP) is 11.5. The number of carbonyl (C=O) groups is 4. The summed E-state index contributed by atoms with van der Waals surface area (Å²) in [5.74, 6) is -1.51. The van der Waals surface area contributed by atoms with Crippen molar-refractivity contribution < 1.29 is 55.0 Å². The molecule has 2 atom stereocenters. The second-order valence-corrected chi connectivity index (χ2v) is 16.1. The highest BCUT2D eigenvalue weighted by Gasteiger charge is 2.40. The number of allylic oxidation sites excluding steroid dienone is 2. The van der Waals surface area contributed by atoms with Gasteiger partial charge in [-0.25, -0.2) is 19.2 Å². The van der Waals surface area contributed by atoms with E-state index in [0.717, 1.165) is 72.6 Å². The zero-order valence-electron chi connectivity index (χ0n) is 37.0. The van der Waals surface area contributed by atoms with E-state index in [4.69, 9.17) is 9.47 Å². The highest BCUT2D eigenvalue weighted by Crippen LogP contribution is 2.39. The minimum Gasteiger partial charge on any atom is -0.462 e. The van der Waals surface area contributed by atoms with Gasteiger partial charge in [0.2, 0.25) is 0 Å². The summed E-state index contributed by atoms with van der Waals surface area (Å²) in [5, 5.41) is 23.9. The van der Waals surface area contributed by atoms with Crippen molar-refractivity contribution in [3.8, 4) is 12.1 Å². The van der Waals surface area contributed by atoms with Crippen LogP contribution in [-0.2, 0) is 31.4 Å². The van der Waals surface area contributed by atoms with Crippen LogP contribution >= 0.6 is 0 Å². The maximum Gasteiger partial charge on any atom is 0.416 e. The van der Waals surface area contributed by atoms with Crippen molar-refractivity contribution in [3.63, 3.8) is 0 Å². The molecule has 4 aromatic carbocycles. The van der Waals surface area contributed by atoms with Crippen LogP contribution in [0.25, 0.3) is 0 Å². The lowest BCUT2D eigenvalue weighted by atomic mass is 9.94. The first-order chi connectivity index (χ1) is 32.4. The Labute approximate surface area is 388 Å². The molecular formula is C50H46F6N6O6. The molecule has 0 bridgehead atoms. The zero-order valence-corrected chi connectivity index (χ0v) is 37.0. The zero-order chi connectivity index (χ0) is 49.2. The van der Waals surface area contributed by atoms with Gasteiger partial charge in [0, 0.05) is 11.4 Å². The molecule has 2 aliphatic rings. The Hall–Kier alpha value is -7.60. The lowest BCUT2D eigenvalue weighted by Crippen LogP contribution is -2.48. The SMILES string of the molecule is CC1=C(C(=O)OCCCCCCCCCCOC(=O)C2=C(C)N(c3cccc(C(F)(F)F)c3)C(=O)NC2c2ccc(C#N)cc2)C(c2ccc(C#N)cc2)NC(=O)N1c1cccc(C(F)(F)F)c1. The van der Waals surface area contributed by atoms with Crippen LogP contribution in [0.4, 0.5) is 47.3 Å². The van der Waals surface area contributed by atoms with Gasteiger partial charge in [0.1, 0.15) is 0 Å². The number of nitriles is 2. The fraction of sp³-hybridized carbons (Fsp3) is 0.320. The van der Waals surface area contributed by atoms with Crippen molar-refractivity contribution in [2.24, 2.45) is 0 Å². The normalized spacial score (nSPS) is 16.4. The number of anilines is 2. The Balaban J connectivity index is 0.990. The summed E-state index contributed by atoms with van der Waals surface area (Å²) in [7, 11) is 0. The number of alkyl halides is 6.